The van der Waals surface area contributed by atoms with Crippen molar-refractivity contribution in [3.8, 4) is 5.75 Å². The Morgan fingerprint density at radius 2 is 1.93 bits per heavy atom. The Balaban J connectivity index is 0.00000210. The Morgan fingerprint density at radius 3 is 2.52 bits per heavy atom. The summed E-state index contributed by atoms with van der Waals surface area (Å²) in [6, 6.07) is 9.39. The molecule has 1 heterocycles. The van der Waals surface area contributed by atoms with E-state index in [1.54, 1.807) is 18.2 Å². The number of benzene rings is 2. The van der Waals surface area contributed by atoms with Gasteiger partial charge in [-0.15, -0.1) is 0 Å². The summed E-state index contributed by atoms with van der Waals surface area (Å²) in [4.78, 5) is 23.9. The fraction of sp³-hybridized carbons (Fsp3) is 0.316. The number of ketones is 1. The quantitative estimate of drug-likeness (QED) is 0.474. The molecule has 2 aromatic carbocycles. The van der Waals surface area contributed by atoms with E-state index in [1.807, 2.05) is 13.8 Å². The van der Waals surface area contributed by atoms with Gasteiger partial charge < -0.3 is 14.6 Å². The molecule has 1 N–H and O–H groups in total. The van der Waals surface area contributed by atoms with Crippen molar-refractivity contribution in [2.45, 2.75) is 31.2 Å². The van der Waals surface area contributed by atoms with Crippen LogP contribution in [0.25, 0.3) is 0 Å². The number of nitro benzene ring substituents is 1. The number of fused-ring (bicyclic) bond motifs is 5. The van der Waals surface area contributed by atoms with Crippen LogP contribution in [0, 0.1) is 10.1 Å². The summed E-state index contributed by atoms with van der Waals surface area (Å²) in [5, 5.41) is 22.8. The van der Waals surface area contributed by atoms with Crippen molar-refractivity contribution in [2.24, 2.45) is 0 Å². The van der Waals surface area contributed by atoms with Gasteiger partial charge in [-0.1, -0.05) is 38.1 Å². The Labute approximate surface area is 165 Å². The molecule has 0 amide bonds. The second-order valence-corrected chi connectivity index (χ2v) is 6.83. The van der Waals surface area contributed by atoms with E-state index in [-0.39, 0.29) is 45.4 Å². The van der Waals surface area contributed by atoms with Crippen molar-refractivity contribution in [1.82, 2.24) is 0 Å². The molecule has 0 spiro atoms. The maximum absolute atomic E-state index is 13.2. The summed E-state index contributed by atoms with van der Waals surface area (Å²) < 4.78 is 11.5. The van der Waals surface area contributed by atoms with Gasteiger partial charge in [-0.05, 0) is 17.5 Å². The number of methoxy groups -OCH3 is 1. The fourth-order valence-electron chi connectivity index (χ4n) is 3.89. The number of nitrogens with zero attached hydrogens (tertiary/aromatic N) is 1. The Bertz CT molecular complexity index is 975. The number of hydrogen-bond acceptors (Lipinski definition) is 6. The normalized spacial score (nSPS) is 24.7. The monoisotopic (exact) mass is 411 g/mol. The third-order valence-electron chi connectivity index (χ3n) is 5.23. The molecule has 8 heteroatoms. The van der Waals surface area contributed by atoms with Crippen LogP contribution in [0.3, 0.4) is 0 Å². The van der Waals surface area contributed by atoms with Crippen LogP contribution in [0.4, 0.5) is 5.69 Å². The number of nitro groups is 1. The van der Waals surface area contributed by atoms with Crippen LogP contribution in [0.1, 0.15) is 46.8 Å². The average molecular weight is 411 g/mol. The van der Waals surface area contributed by atoms with Gasteiger partial charge in [-0.25, -0.2) is 0 Å². The standard InChI is InChI=1S/C19H17NO6.Fe/c1-10(2)11-7-8-12-15(9-11)26-19(25-3)13-5-4-6-14(20(23)24)16(13)17(21)18(12,19)22;/h4-10,22H,1-3H3;. The summed E-state index contributed by atoms with van der Waals surface area (Å²) in [5.41, 5.74) is -1.36. The minimum atomic E-state index is -2.18. The van der Waals surface area contributed by atoms with Crippen LogP contribution < -0.4 is 4.74 Å². The Kier molecular flexibility index (Phi) is 4.44. The number of Topliss-reactive ketones (excluding diaryl/α,β-unsaturated/α-hetero) is 1. The van der Waals surface area contributed by atoms with E-state index in [1.165, 1.54) is 25.3 Å². The topological polar surface area (TPSA) is 98.9 Å². The molecule has 0 fully saturated rings. The van der Waals surface area contributed by atoms with Gasteiger partial charge in [0.05, 0.1) is 4.92 Å². The Hall–Kier alpha value is -2.25. The molecule has 0 saturated heterocycles. The molecule has 2 aliphatic rings. The maximum Gasteiger partial charge on any atom is 0.280 e. The zero-order chi connectivity index (χ0) is 18.9. The van der Waals surface area contributed by atoms with Crippen LogP contribution in [-0.4, -0.2) is 22.9 Å². The number of carbonyl (C=O) groups is 1. The molecule has 4 rings (SSSR count). The molecule has 2 atom stereocenters. The van der Waals surface area contributed by atoms with E-state index < -0.39 is 22.1 Å². The van der Waals surface area contributed by atoms with E-state index in [9.17, 15) is 20.0 Å². The van der Waals surface area contributed by atoms with Crippen molar-refractivity contribution in [1.29, 1.82) is 0 Å². The van der Waals surface area contributed by atoms with Gasteiger partial charge in [-0.3, -0.25) is 14.9 Å². The van der Waals surface area contributed by atoms with Gasteiger partial charge >= 0.3 is 0 Å². The van der Waals surface area contributed by atoms with Gasteiger partial charge in [0, 0.05) is 41.4 Å². The van der Waals surface area contributed by atoms with Gasteiger partial charge in [0.2, 0.25) is 11.4 Å². The molecule has 142 valence electrons. The minimum absolute atomic E-state index is 0. The molecule has 2 unspecified atom stereocenters. The van der Waals surface area contributed by atoms with Crippen molar-refractivity contribution < 1.29 is 41.4 Å². The average Bonchev–Trinajstić information content (AvgIpc) is 2.99. The molecular formula is C19H17FeNO6. The van der Waals surface area contributed by atoms with E-state index in [0.29, 0.717) is 5.75 Å². The molecule has 0 radical (unpaired) electrons. The largest absolute Gasteiger partial charge is 0.453 e. The van der Waals surface area contributed by atoms with Gasteiger partial charge in [0.1, 0.15) is 11.3 Å². The van der Waals surface area contributed by atoms with Crippen molar-refractivity contribution in [2.75, 3.05) is 7.11 Å². The first-order valence-electron chi connectivity index (χ1n) is 8.21. The first-order valence-corrected chi connectivity index (χ1v) is 8.21. The summed E-state index contributed by atoms with van der Waals surface area (Å²) in [7, 11) is 1.31. The molecule has 1 aliphatic heterocycles. The van der Waals surface area contributed by atoms with E-state index in [2.05, 4.69) is 0 Å². The fourth-order valence-corrected chi connectivity index (χ4v) is 3.89. The van der Waals surface area contributed by atoms with E-state index in [0.717, 1.165) is 5.56 Å². The van der Waals surface area contributed by atoms with Gasteiger partial charge in [0.25, 0.3) is 11.5 Å². The number of carbonyl (C=O) groups excluding carboxylic acids is 1. The first kappa shape index (κ1) is 19.5. The van der Waals surface area contributed by atoms with Crippen LogP contribution in [0.5, 0.6) is 5.75 Å². The molecule has 0 saturated carbocycles. The number of rotatable bonds is 3. The number of hydrogen-bond donors (Lipinski definition) is 1. The van der Waals surface area contributed by atoms with Gasteiger partial charge in [-0.2, -0.15) is 0 Å². The van der Waals surface area contributed by atoms with Gasteiger partial charge in [0.15, 0.2) is 0 Å². The molecule has 0 aromatic heterocycles. The maximum atomic E-state index is 13.2. The minimum Gasteiger partial charge on any atom is -0.453 e. The molecule has 1 aliphatic carbocycles. The third kappa shape index (κ3) is 2.18. The second-order valence-electron chi connectivity index (χ2n) is 6.83. The first-order chi connectivity index (χ1) is 12.3. The molecule has 2 aromatic rings. The zero-order valence-electron chi connectivity index (χ0n) is 14.8. The molecular weight excluding hydrogens is 394 g/mol. The summed E-state index contributed by atoms with van der Waals surface area (Å²) in [6.07, 6.45) is 0. The molecule has 27 heavy (non-hydrogen) atoms. The van der Waals surface area contributed by atoms with Crippen molar-refractivity contribution >= 4 is 11.5 Å². The summed E-state index contributed by atoms with van der Waals surface area (Å²) in [6.45, 7) is 4.03. The molecule has 0 bridgehead atoms. The SMILES string of the molecule is COC12Oc3cc(C(C)C)ccc3C1(O)C(=O)c1c([N+](=O)[O-])cccc12.[Fe]. The molecule has 7 nitrogen and oxygen atoms in total. The van der Waals surface area contributed by atoms with Crippen LogP contribution in [0.15, 0.2) is 36.4 Å². The summed E-state index contributed by atoms with van der Waals surface area (Å²) >= 11 is 0. The van der Waals surface area contributed by atoms with E-state index >= 15 is 0 Å². The number of aliphatic hydroxyl groups is 1. The number of ether oxygens (including phenoxy) is 2. The van der Waals surface area contributed by atoms with Crippen LogP contribution in [0.2, 0.25) is 0 Å². The summed E-state index contributed by atoms with van der Waals surface area (Å²) in [5.74, 6) is -2.08. The smallest absolute Gasteiger partial charge is 0.280 e. The predicted octanol–water partition coefficient (Wildman–Crippen LogP) is 2.99. The zero-order valence-corrected chi connectivity index (χ0v) is 15.9. The third-order valence-corrected chi connectivity index (χ3v) is 5.23. The van der Waals surface area contributed by atoms with Crippen molar-refractivity contribution in [3.63, 3.8) is 0 Å². The second kappa shape index (κ2) is 6.14. The predicted molar refractivity (Wildman–Crippen MR) is 91.2 cm³/mol. The van der Waals surface area contributed by atoms with Crippen LogP contribution in [-0.2, 0) is 33.2 Å². The van der Waals surface area contributed by atoms with Crippen LogP contribution >= 0.6 is 0 Å². The Morgan fingerprint density at radius 1 is 1.22 bits per heavy atom. The van der Waals surface area contributed by atoms with Crippen molar-refractivity contribution in [3.05, 3.63) is 68.8 Å². The van der Waals surface area contributed by atoms with E-state index in [4.69, 9.17) is 9.47 Å².